The maximum absolute atomic E-state index is 11.2. The number of hydrogen-bond donors (Lipinski definition) is 1. The number of aromatic hydroxyl groups is 1. The number of halogens is 2. The number of nitrogens with zero attached hydrogens (tertiary/aromatic N) is 2. The Balaban J connectivity index is 1.93. The van der Waals surface area contributed by atoms with Gasteiger partial charge in [-0.3, -0.25) is 4.98 Å². The summed E-state index contributed by atoms with van der Waals surface area (Å²) in [7, 11) is 0. The molecule has 5 heteroatoms. The summed E-state index contributed by atoms with van der Waals surface area (Å²) < 4.78 is 0. The number of benzene rings is 2. The van der Waals surface area contributed by atoms with Crippen LogP contribution in [0.15, 0.2) is 60.7 Å². The third-order valence-corrected chi connectivity index (χ3v) is 5.75. The summed E-state index contributed by atoms with van der Waals surface area (Å²) in [5.74, 6) is -0.114. The second-order valence-electron chi connectivity index (χ2n) is 7.19. The normalized spacial score (nSPS) is 12.3. The Morgan fingerprint density at radius 2 is 1.48 bits per heavy atom. The van der Waals surface area contributed by atoms with Crippen molar-refractivity contribution in [3.8, 4) is 5.75 Å². The highest BCUT2D eigenvalue weighted by Gasteiger charge is 2.25. The largest absolute Gasteiger partial charge is 0.505 e. The molecule has 1 atom stereocenters. The van der Waals surface area contributed by atoms with Crippen LogP contribution in [-0.2, 0) is 6.42 Å². The number of phenolic OH excluding ortho intramolecular Hbond substituents is 1. The fourth-order valence-corrected chi connectivity index (χ4v) is 4.36. The number of fused-ring (bicyclic) bond motifs is 1. The zero-order valence-corrected chi connectivity index (χ0v) is 17.7. The average Bonchev–Trinajstić information content (AvgIpc) is 2.68. The van der Waals surface area contributed by atoms with Crippen molar-refractivity contribution in [2.45, 2.75) is 26.2 Å². The molecule has 0 amide bonds. The molecule has 0 radical (unpaired) electrons. The van der Waals surface area contributed by atoms with Gasteiger partial charge >= 0.3 is 0 Å². The van der Waals surface area contributed by atoms with Gasteiger partial charge in [-0.2, -0.15) is 0 Å². The SMILES string of the molecule is Cc1cccc(CC(c2ccc3ccc(C)nc3c2O)c2c(Cl)cccc2Cl)n1. The van der Waals surface area contributed by atoms with Crippen molar-refractivity contribution >= 4 is 34.1 Å². The molecule has 0 spiro atoms. The van der Waals surface area contributed by atoms with Crippen molar-refractivity contribution in [1.82, 2.24) is 9.97 Å². The molecule has 1 unspecified atom stereocenters. The Morgan fingerprint density at radius 3 is 2.21 bits per heavy atom. The lowest BCUT2D eigenvalue weighted by molar-refractivity contribution is 0.469. The van der Waals surface area contributed by atoms with Gasteiger partial charge in [-0.1, -0.05) is 53.5 Å². The molecule has 146 valence electrons. The molecule has 2 heterocycles. The molecule has 0 saturated heterocycles. The first-order chi connectivity index (χ1) is 13.9. The lowest BCUT2D eigenvalue weighted by atomic mass is 9.86. The third-order valence-electron chi connectivity index (χ3n) is 5.09. The van der Waals surface area contributed by atoms with Crippen molar-refractivity contribution in [3.05, 3.63) is 98.9 Å². The molecule has 2 aromatic carbocycles. The highest BCUT2D eigenvalue weighted by molar-refractivity contribution is 6.36. The van der Waals surface area contributed by atoms with Gasteiger partial charge in [0.2, 0.25) is 0 Å². The maximum Gasteiger partial charge on any atom is 0.145 e. The summed E-state index contributed by atoms with van der Waals surface area (Å²) in [5.41, 5.74) is 4.77. The van der Waals surface area contributed by atoms with Crippen molar-refractivity contribution < 1.29 is 5.11 Å². The monoisotopic (exact) mass is 422 g/mol. The predicted molar refractivity (Wildman–Crippen MR) is 119 cm³/mol. The second-order valence-corrected chi connectivity index (χ2v) is 8.00. The van der Waals surface area contributed by atoms with Crippen LogP contribution in [-0.4, -0.2) is 15.1 Å². The number of hydrogen-bond acceptors (Lipinski definition) is 3. The van der Waals surface area contributed by atoms with Crippen molar-refractivity contribution in [1.29, 1.82) is 0 Å². The lowest BCUT2D eigenvalue weighted by Gasteiger charge is -2.22. The van der Waals surface area contributed by atoms with E-state index in [1.165, 1.54) is 0 Å². The van der Waals surface area contributed by atoms with Crippen LogP contribution in [0, 0.1) is 13.8 Å². The van der Waals surface area contributed by atoms with Crippen LogP contribution >= 0.6 is 23.2 Å². The molecule has 4 aromatic rings. The van der Waals surface area contributed by atoms with Gasteiger partial charge in [0.25, 0.3) is 0 Å². The minimum atomic E-state index is -0.266. The predicted octanol–water partition coefficient (Wildman–Crippen LogP) is 6.63. The summed E-state index contributed by atoms with van der Waals surface area (Å²) in [4.78, 5) is 9.19. The highest BCUT2D eigenvalue weighted by Crippen LogP contribution is 2.42. The van der Waals surface area contributed by atoms with E-state index in [1.54, 1.807) is 0 Å². The summed E-state index contributed by atoms with van der Waals surface area (Å²) in [6.45, 7) is 3.87. The fourth-order valence-electron chi connectivity index (χ4n) is 3.70. The average molecular weight is 423 g/mol. The Labute approximate surface area is 180 Å². The van der Waals surface area contributed by atoms with Gasteiger partial charge in [-0.15, -0.1) is 0 Å². The molecule has 0 aliphatic carbocycles. The Kier molecular flexibility index (Phi) is 5.44. The van der Waals surface area contributed by atoms with Crippen molar-refractivity contribution in [3.63, 3.8) is 0 Å². The van der Waals surface area contributed by atoms with E-state index in [1.807, 2.05) is 74.5 Å². The van der Waals surface area contributed by atoms with Crippen LogP contribution < -0.4 is 0 Å². The summed E-state index contributed by atoms with van der Waals surface area (Å²) in [5, 5.41) is 13.2. The van der Waals surface area contributed by atoms with Crippen LogP contribution in [0.5, 0.6) is 5.75 Å². The van der Waals surface area contributed by atoms with Gasteiger partial charge in [0, 0.05) is 50.4 Å². The zero-order valence-electron chi connectivity index (χ0n) is 16.2. The topological polar surface area (TPSA) is 46.0 Å². The Hall–Kier alpha value is -2.62. The van der Waals surface area contributed by atoms with E-state index in [2.05, 4.69) is 9.97 Å². The first-order valence-electron chi connectivity index (χ1n) is 9.39. The van der Waals surface area contributed by atoms with Crippen molar-refractivity contribution in [2.75, 3.05) is 0 Å². The zero-order chi connectivity index (χ0) is 20.5. The van der Waals surface area contributed by atoms with E-state index in [4.69, 9.17) is 23.2 Å². The highest BCUT2D eigenvalue weighted by atomic mass is 35.5. The molecule has 2 aromatic heterocycles. The van der Waals surface area contributed by atoms with E-state index in [0.29, 0.717) is 22.0 Å². The molecule has 3 nitrogen and oxygen atoms in total. The van der Waals surface area contributed by atoms with E-state index < -0.39 is 0 Å². The van der Waals surface area contributed by atoms with Crippen molar-refractivity contribution in [2.24, 2.45) is 0 Å². The standard InChI is InChI=1S/C24H20Cl2N2O/c1-14-5-3-6-17(27-14)13-19(22-20(25)7-4-8-21(22)26)18-12-11-16-10-9-15(2)28-23(16)24(18)29/h3-12,19,29H,13H2,1-2H3. The first-order valence-corrected chi connectivity index (χ1v) is 10.2. The van der Waals surface area contributed by atoms with Crippen LogP contribution in [0.4, 0.5) is 0 Å². The van der Waals surface area contributed by atoms with E-state index in [9.17, 15) is 5.11 Å². The van der Waals surface area contributed by atoms with E-state index >= 15 is 0 Å². The van der Waals surface area contributed by atoms with E-state index in [-0.39, 0.29) is 11.7 Å². The van der Waals surface area contributed by atoms with Gasteiger partial charge in [-0.25, -0.2) is 4.98 Å². The molecular weight excluding hydrogens is 403 g/mol. The molecule has 0 bridgehead atoms. The van der Waals surface area contributed by atoms with Gasteiger partial charge in [0.15, 0.2) is 0 Å². The smallest absolute Gasteiger partial charge is 0.145 e. The first kappa shape index (κ1) is 19.7. The molecule has 0 aliphatic heterocycles. The summed E-state index contributed by atoms with van der Waals surface area (Å²) in [6, 6.07) is 19.2. The molecule has 4 rings (SSSR count). The van der Waals surface area contributed by atoms with E-state index in [0.717, 1.165) is 33.6 Å². The van der Waals surface area contributed by atoms with Gasteiger partial charge < -0.3 is 5.11 Å². The molecule has 0 aliphatic rings. The number of rotatable bonds is 4. The fraction of sp³-hybridized carbons (Fsp3) is 0.167. The number of aromatic nitrogens is 2. The molecular formula is C24H20Cl2N2O. The van der Waals surface area contributed by atoms with Gasteiger partial charge in [-0.05, 0) is 49.7 Å². The minimum Gasteiger partial charge on any atom is -0.505 e. The second kappa shape index (κ2) is 8.02. The minimum absolute atomic E-state index is 0.153. The number of pyridine rings is 2. The molecule has 0 fully saturated rings. The Morgan fingerprint density at radius 1 is 0.828 bits per heavy atom. The summed E-state index contributed by atoms with van der Waals surface area (Å²) in [6.07, 6.45) is 0.552. The quantitative estimate of drug-likeness (QED) is 0.401. The number of phenols is 1. The van der Waals surface area contributed by atoms with Gasteiger partial charge in [0.1, 0.15) is 11.3 Å². The van der Waals surface area contributed by atoms with Gasteiger partial charge in [0.05, 0.1) is 0 Å². The van der Waals surface area contributed by atoms with Crippen LogP contribution in [0.3, 0.4) is 0 Å². The lowest BCUT2D eigenvalue weighted by Crippen LogP contribution is -2.09. The number of aryl methyl sites for hydroxylation is 2. The maximum atomic E-state index is 11.2. The molecule has 1 N–H and O–H groups in total. The van der Waals surface area contributed by atoms with Crippen LogP contribution in [0.25, 0.3) is 10.9 Å². The molecule has 0 saturated carbocycles. The third kappa shape index (κ3) is 3.93. The van der Waals surface area contributed by atoms with Crippen LogP contribution in [0.1, 0.15) is 34.1 Å². The van der Waals surface area contributed by atoms with Crippen LogP contribution in [0.2, 0.25) is 10.0 Å². The summed E-state index contributed by atoms with van der Waals surface area (Å²) >= 11 is 13.1. The molecule has 29 heavy (non-hydrogen) atoms. The Bertz CT molecular complexity index is 1190.